The van der Waals surface area contributed by atoms with E-state index in [0.717, 1.165) is 19.3 Å². The predicted octanol–water partition coefficient (Wildman–Crippen LogP) is 4.58. The van der Waals surface area contributed by atoms with Gasteiger partial charge in [0.25, 0.3) is 0 Å². The molecule has 4 heteroatoms. The number of hydrogen-bond donors (Lipinski definition) is 1. The Morgan fingerprint density at radius 2 is 1.08 bits per heavy atom. The van der Waals surface area contributed by atoms with Gasteiger partial charge >= 0.3 is 0 Å². The lowest BCUT2D eigenvalue weighted by molar-refractivity contribution is -0.139. The maximum Gasteiger partial charge on any atom is 0.0856 e. The van der Waals surface area contributed by atoms with E-state index >= 15 is 0 Å². The molecule has 0 saturated heterocycles. The van der Waals surface area contributed by atoms with Crippen LogP contribution in [0.3, 0.4) is 0 Å². The lowest BCUT2D eigenvalue weighted by Gasteiger charge is -2.45. The molecule has 0 aliphatic rings. The molecule has 0 radical (unpaired) electrons. The summed E-state index contributed by atoms with van der Waals surface area (Å²) in [5.41, 5.74) is -1.05. The van der Waals surface area contributed by atoms with Crippen LogP contribution >= 0.6 is 0 Å². The first-order valence-corrected chi connectivity index (χ1v) is 9.39. The normalized spacial score (nSPS) is 14.2. The van der Waals surface area contributed by atoms with Gasteiger partial charge in [0.1, 0.15) is 0 Å². The smallest absolute Gasteiger partial charge is 0.0856 e. The van der Waals surface area contributed by atoms with Crippen molar-refractivity contribution in [2.75, 3.05) is 26.4 Å². The number of aliphatic hydroxyl groups excluding tert-OH is 1. The van der Waals surface area contributed by atoms with Crippen LogP contribution in [0, 0.1) is 5.41 Å². The van der Waals surface area contributed by atoms with Crippen LogP contribution in [0.1, 0.15) is 81.6 Å². The summed E-state index contributed by atoms with van der Waals surface area (Å²) in [5.74, 6) is 0. The van der Waals surface area contributed by atoms with Crippen molar-refractivity contribution in [3.05, 3.63) is 0 Å². The fourth-order valence-corrected chi connectivity index (χ4v) is 3.60. The third kappa shape index (κ3) is 8.80. The first-order valence-electron chi connectivity index (χ1n) is 9.39. The quantitative estimate of drug-likeness (QED) is 0.530. The molecule has 0 aliphatic carbocycles. The molecule has 4 nitrogen and oxygen atoms in total. The van der Waals surface area contributed by atoms with Crippen LogP contribution in [0.2, 0.25) is 0 Å². The fraction of sp³-hybridized carbons (Fsp3) is 1.00. The Kier molecular flexibility index (Phi) is 9.45. The van der Waals surface area contributed by atoms with E-state index in [9.17, 15) is 5.11 Å². The Labute approximate surface area is 150 Å². The molecule has 0 fully saturated rings. The number of aliphatic hydroxyl groups is 1. The van der Waals surface area contributed by atoms with Crippen molar-refractivity contribution in [3.8, 4) is 0 Å². The van der Waals surface area contributed by atoms with Crippen LogP contribution in [-0.2, 0) is 14.2 Å². The maximum atomic E-state index is 9.52. The highest BCUT2D eigenvalue weighted by atomic mass is 16.5. The van der Waals surface area contributed by atoms with Crippen molar-refractivity contribution in [1.29, 1.82) is 0 Å². The van der Waals surface area contributed by atoms with Crippen LogP contribution in [0.15, 0.2) is 0 Å². The van der Waals surface area contributed by atoms with E-state index < -0.39 is 5.60 Å². The van der Waals surface area contributed by atoms with Crippen LogP contribution in [0.5, 0.6) is 0 Å². The third-order valence-corrected chi connectivity index (χ3v) is 4.57. The van der Waals surface area contributed by atoms with Crippen molar-refractivity contribution in [2.45, 2.75) is 98.4 Å². The molecular weight excluding hydrogens is 304 g/mol. The zero-order chi connectivity index (χ0) is 19.1. The molecule has 146 valence electrons. The molecule has 0 aliphatic heterocycles. The summed E-state index contributed by atoms with van der Waals surface area (Å²) in [4.78, 5) is 0. The van der Waals surface area contributed by atoms with Gasteiger partial charge in [0, 0.05) is 13.2 Å². The van der Waals surface area contributed by atoms with Crippen molar-refractivity contribution >= 4 is 0 Å². The number of rotatable bonds is 13. The van der Waals surface area contributed by atoms with E-state index in [-0.39, 0.29) is 23.2 Å². The lowest BCUT2D eigenvalue weighted by atomic mass is 9.70. The second-order valence-corrected chi connectivity index (χ2v) is 8.80. The summed E-state index contributed by atoms with van der Waals surface area (Å²) in [5, 5.41) is 9.52. The summed E-state index contributed by atoms with van der Waals surface area (Å²) in [6.07, 6.45) is 2.76. The Morgan fingerprint density at radius 1 is 0.667 bits per heavy atom. The minimum absolute atomic E-state index is 0.0104. The highest BCUT2D eigenvalue weighted by Crippen LogP contribution is 2.42. The van der Waals surface area contributed by atoms with Gasteiger partial charge in [-0.05, 0) is 80.1 Å². The summed E-state index contributed by atoms with van der Waals surface area (Å²) in [6, 6.07) is 0. The molecule has 0 bridgehead atoms. The fourth-order valence-electron chi connectivity index (χ4n) is 3.60. The highest BCUT2D eigenvalue weighted by Gasteiger charge is 2.41. The van der Waals surface area contributed by atoms with Gasteiger partial charge in [-0.1, -0.05) is 6.92 Å². The Hall–Kier alpha value is -0.160. The van der Waals surface area contributed by atoms with Gasteiger partial charge in [-0.2, -0.15) is 0 Å². The van der Waals surface area contributed by atoms with Gasteiger partial charge in [0.05, 0.1) is 30.0 Å². The average Bonchev–Trinajstić information content (AvgIpc) is 2.44. The molecule has 1 N–H and O–H groups in total. The summed E-state index contributed by atoms with van der Waals surface area (Å²) in [7, 11) is 0. The zero-order valence-electron chi connectivity index (χ0n) is 17.6. The highest BCUT2D eigenvalue weighted by molar-refractivity contribution is 4.91. The van der Waals surface area contributed by atoms with Crippen LogP contribution < -0.4 is 0 Å². The summed E-state index contributed by atoms with van der Waals surface area (Å²) in [6.45, 7) is 20.7. The second-order valence-electron chi connectivity index (χ2n) is 8.80. The first-order chi connectivity index (χ1) is 10.9. The lowest BCUT2D eigenvalue weighted by Crippen LogP contribution is -2.45. The topological polar surface area (TPSA) is 47.9 Å². The van der Waals surface area contributed by atoms with E-state index in [4.69, 9.17) is 14.2 Å². The van der Waals surface area contributed by atoms with Gasteiger partial charge in [0.2, 0.25) is 0 Å². The Bertz CT molecular complexity index is 328. The predicted molar refractivity (Wildman–Crippen MR) is 100 cm³/mol. The van der Waals surface area contributed by atoms with E-state index in [0.29, 0.717) is 19.8 Å². The van der Waals surface area contributed by atoms with Gasteiger partial charge < -0.3 is 19.3 Å². The Morgan fingerprint density at radius 3 is 1.38 bits per heavy atom. The molecule has 0 atom stereocenters. The standard InChI is InChI=1S/C20H42O4/c1-10-20(13-17(4,5)22-11-2,14-18(6,7)23-12-3)16-24-19(8,9)15-21/h21H,10-16H2,1-9H3. The maximum absolute atomic E-state index is 9.52. The van der Waals surface area contributed by atoms with Crippen LogP contribution in [0.25, 0.3) is 0 Å². The van der Waals surface area contributed by atoms with Crippen molar-refractivity contribution in [3.63, 3.8) is 0 Å². The molecule has 0 rings (SSSR count). The molecule has 0 amide bonds. The molecule has 0 saturated carbocycles. The van der Waals surface area contributed by atoms with Gasteiger partial charge in [-0.15, -0.1) is 0 Å². The molecule has 0 aromatic rings. The molecule has 0 spiro atoms. The van der Waals surface area contributed by atoms with Crippen LogP contribution in [-0.4, -0.2) is 48.3 Å². The van der Waals surface area contributed by atoms with Crippen molar-refractivity contribution in [2.24, 2.45) is 5.41 Å². The SMILES string of the molecule is CCOC(C)(C)CC(CC)(COC(C)(C)CO)CC(C)(C)OCC. The minimum atomic E-state index is -0.536. The molecule has 24 heavy (non-hydrogen) atoms. The van der Waals surface area contributed by atoms with E-state index in [1.165, 1.54) is 0 Å². The first kappa shape index (κ1) is 23.8. The summed E-state index contributed by atoms with van der Waals surface area (Å²) < 4.78 is 18.1. The largest absolute Gasteiger partial charge is 0.393 e. The van der Waals surface area contributed by atoms with Crippen LogP contribution in [0.4, 0.5) is 0 Å². The van der Waals surface area contributed by atoms with E-state index in [1.54, 1.807) is 0 Å². The number of ether oxygens (including phenoxy) is 3. The molecule has 0 aromatic heterocycles. The Balaban J connectivity index is 5.42. The van der Waals surface area contributed by atoms with Crippen molar-refractivity contribution < 1.29 is 19.3 Å². The third-order valence-electron chi connectivity index (χ3n) is 4.57. The van der Waals surface area contributed by atoms with Gasteiger partial charge in [0.15, 0.2) is 0 Å². The van der Waals surface area contributed by atoms with Gasteiger partial charge in [-0.3, -0.25) is 0 Å². The average molecular weight is 347 g/mol. The van der Waals surface area contributed by atoms with E-state index in [2.05, 4.69) is 34.6 Å². The molecule has 0 heterocycles. The van der Waals surface area contributed by atoms with Gasteiger partial charge in [-0.25, -0.2) is 0 Å². The van der Waals surface area contributed by atoms with E-state index in [1.807, 2.05) is 27.7 Å². The second kappa shape index (κ2) is 9.51. The zero-order valence-corrected chi connectivity index (χ0v) is 17.6. The molecular formula is C20H42O4. The minimum Gasteiger partial charge on any atom is -0.393 e. The summed E-state index contributed by atoms with van der Waals surface area (Å²) >= 11 is 0. The number of hydrogen-bond acceptors (Lipinski definition) is 4. The molecule has 0 unspecified atom stereocenters. The monoisotopic (exact) mass is 346 g/mol. The van der Waals surface area contributed by atoms with Crippen molar-refractivity contribution in [1.82, 2.24) is 0 Å². The molecule has 0 aromatic carbocycles.